The van der Waals surface area contributed by atoms with Crippen LogP contribution in [0.5, 0.6) is 0 Å². The van der Waals surface area contributed by atoms with Gasteiger partial charge in [0, 0.05) is 5.56 Å². The molecule has 3 heteroatoms. The van der Waals surface area contributed by atoms with Crippen LogP contribution in [0.25, 0.3) is 0 Å². The molecule has 0 amide bonds. The Balaban J connectivity index is 0.00000121. The molecule has 0 radical (unpaired) electrons. The highest BCUT2D eigenvalue weighted by Crippen LogP contribution is 2.02. The van der Waals surface area contributed by atoms with Crippen molar-refractivity contribution in [2.75, 3.05) is 0 Å². The van der Waals surface area contributed by atoms with Crippen molar-refractivity contribution in [3.8, 4) is 0 Å². The van der Waals surface area contributed by atoms with Gasteiger partial charge in [0.25, 0.3) is 0 Å². The van der Waals surface area contributed by atoms with Crippen LogP contribution in [0.4, 0.5) is 0 Å². The van der Waals surface area contributed by atoms with E-state index < -0.39 is 5.78 Å². The minimum Gasteiger partial charge on any atom is -0.294 e. The Morgan fingerprint density at radius 3 is 2.17 bits per heavy atom. The number of Topliss-reactive ketones (excluding diaryl/α,β-unsaturated/α-hetero) is 1. The van der Waals surface area contributed by atoms with Crippen molar-refractivity contribution >= 4 is 22.0 Å². The zero-order chi connectivity index (χ0) is 8.27. The first kappa shape index (κ1) is 11.0. The minimum atomic E-state index is -0.468. The first-order chi connectivity index (χ1) is 5.24. The molecule has 0 heterocycles. The van der Waals surface area contributed by atoms with Crippen LogP contribution in [0.2, 0.25) is 0 Å². The lowest BCUT2D eigenvalue weighted by atomic mass is 10.1. The number of carbonyl (C=O) groups is 2. The molecule has 0 aliphatic carbocycles. The summed E-state index contributed by atoms with van der Waals surface area (Å²) in [5, 5.41) is 0. The van der Waals surface area contributed by atoms with Crippen LogP contribution in [-0.4, -0.2) is 12.1 Å². The van der Waals surface area contributed by atoms with Gasteiger partial charge in [0.15, 0.2) is 6.29 Å². The fourth-order valence-electron chi connectivity index (χ4n) is 0.786. The van der Waals surface area contributed by atoms with Gasteiger partial charge in [0.05, 0.1) is 0 Å². The molecule has 0 N–H and O–H groups in total. The Kier molecular flexibility index (Phi) is 4.38. The van der Waals surface area contributed by atoms with Crippen molar-refractivity contribution < 1.29 is 9.59 Å². The second kappa shape index (κ2) is 4.78. The molecule has 0 aliphatic rings. The zero-order valence-corrected chi connectivity index (χ0v) is 8.32. The molecule has 0 fully saturated rings. The van der Waals surface area contributed by atoms with Crippen molar-refractivity contribution in [3.63, 3.8) is 0 Å². The van der Waals surface area contributed by atoms with E-state index in [2.05, 4.69) is 0 Å². The Morgan fingerprint density at radius 2 is 1.75 bits per heavy atom. The molecule has 0 bridgehead atoms. The Hall–Kier alpha value is -1.01. The summed E-state index contributed by atoms with van der Waals surface area (Å²) in [6.07, 6.45) is 0.324. The summed E-state index contributed by atoms with van der Waals surface area (Å²) in [4.78, 5) is 20.8. The third-order valence-electron chi connectivity index (χ3n) is 1.44. The van der Waals surface area contributed by atoms with Gasteiger partial charge in [-0.05, 0) is 6.92 Å². The first-order valence-corrected chi connectivity index (χ1v) is 3.30. The predicted molar refractivity (Wildman–Crippen MR) is 52.7 cm³/mol. The van der Waals surface area contributed by atoms with E-state index in [1.54, 1.807) is 24.3 Å². The molecule has 1 atom stereocenters. The number of aldehydes is 1. The summed E-state index contributed by atoms with van der Waals surface area (Å²) in [6.45, 7) is 1.93. The number of carbonyl (C=O) groups excluding carboxylic acids is 2. The average Bonchev–Trinajstić information content (AvgIpc) is 2.05. The van der Waals surface area contributed by atoms with Crippen LogP contribution in [0.3, 0.4) is 0 Å². The molecule has 12 heavy (non-hydrogen) atoms. The van der Waals surface area contributed by atoms with Gasteiger partial charge in [0.2, 0.25) is 5.78 Å². The Morgan fingerprint density at radius 1 is 1.25 bits per heavy atom. The van der Waals surface area contributed by atoms with Crippen molar-refractivity contribution in [3.05, 3.63) is 35.4 Å². The van der Waals surface area contributed by atoms with E-state index in [1.165, 1.54) is 0 Å². The summed E-state index contributed by atoms with van der Waals surface area (Å²) in [5.41, 5.74) is 1.53. The van der Waals surface area contributed by atoms with E-state index in [9.17, 15) is 9.59 Å². The summed E-state index contributed by atoms with van der Waals surface area (Å²) < 4.78 is 0. The van der Waals surface area contributed by atoms with Gasteiger partial charge in [-0.1, -0.05) is 29.8 Å². The molecule has 2 nitrogen and oxygen atoms in total. The van der Waals surface area contributed by atoms with Gasteiger partial charge in [-0.3, -0.25) is 9.59 Å². The molecule has 1 aromatic carbocycles. The van der Waals surface area contributed by atoms with E-state index >= 15 is 0 Å². The fraction of sp³-hybridized carbons (Fsp3) is 0.111. The van der Waals surface area contributed by atoms with E-state index in [4.69, 9.17) is 0 Å². The lowest BCUT2D eigenvalue weighted by Gasteiger charge is -1.93. The number of rotatable bonds is 2. The molecular formula is C9H11O2P. The molecule has 1 rings (SSSR count). The molecule has 0 saturated carbocycles. The summed E-state index contributed by atoms with van der Waals surface area (Å²) in [5.74, 6) is -0.468. The van der Waals surface area contributed by atoms with Crippen molar-refractivity contribution in [1.82, 2.24) is 0 Å². The predicted octanol–water partition coefficient (Wildman–Crippen LogP) is 1.43. The monoisotopic (exact) mass is 182 g/mol. The zero-order valence-electron chi connectivity index (χ0n) is 6.91. The average molecular weight is 182 g/mol. The lowest BCUT2D eigenvalue weighted by Crippen LogP contribution is -1.98. The van der Waals surface area contributed by atoms with Gasteiger partial charge in [-0.15, -0.1) is 0 Å². The van der Waals surface area contributed by atoms with Gasteiger partial charge >= 0.3 is 0 Å². The molecule has 0 aliphatic heterocycles. The van der Waals surface area contributed by atoms with Gasteiger partial charge in [0.1, 0.15) is 0 Å². The number of aryl methyl sites for hydroxylation is 1. The Labute approximate surface area is 74.6 Å². The quantitative estimate of drug-likeness (QED) is 0.300. The van der Waals surface area contributed by atoms with Gasteiger partial charge in [-0.2, -0.15) is 9.90 Å². The van der Waals surface area contributed by atoms with Gasteiger partial charge in [-0.25, -0.2) is 0 Å². The van der Waals surface area contributed by atoms with E-state index in [1.807, 2.05) is 6.92 Å². The molecule has 64 valence electrons. The normalized spacial score (nSPS) is 8.42. The fourth-order valence-corrected chi connectivity index (χ4v) is 0.786. The molecule has 0 spiro atoms. The molecule has 0 aromatic heterocycles. The molecular weight excluding hydrogens is 171 g/mol. The molecule has 1 unspecified atom stereocenters. The van der Waals surface area contributed by atoms with E-state index in [0.717, 1.165) is 5.56 Å². The minimum absolute atomic E-state index is 0. The number of ketones is 1. The maximum absolute atomic E-state index is 10.8. The highest BCUT2D eigenvalue weighted by atomic mass is 31.0. The summed E-state index contributed by atoms with van der Waals surface area (Å²) in [7, 11) is 0. The van der Waals surface area contributed by atoms with Crippen LogP contribution in [0.15, 0.2) is 24.3 Å². The van der Waals surface area contributed by atoms with E-state index in [0.29, 0.717) is 11.8 Å². The third kappa shape index (κ3) is 2.55. The van der Waals surface area contributed by atoms with Crippen LogP contribution in [0.1, 0.15) is 15.9 Å². The first-order valence-electron chi connectivity index (χ1n) is 3.30. The summed E-state index contributed by atoms with van der Waals surface area (Å²) in [6, 6.07) is 6.89. The van der Waals surface area contributed by atoms with Crippen LogP contribution in [-0.2, 0) is 4.79 Å². The number of benzene rings is 1. The maximum Gasteiger partial charge on any atom is 0.225 e. The summed E-state index contributed by atoms with van der Waals surface area (Å²) >= 11 is 0. The van der Waals surface area contributed by atoms with E-state index in [-0.39, 0.29) is 9.90 Å². The second-order valence-corrected chi connectivity index (χ2v) is 2.35. The number of hydrogen-bond donors (Lipinski definition) is 0. The molecule has 0 saturated heterocycles. The number of hydrogen-bond acceptors (Lipinski definition) is 2. The highest BCUT2D eigenvalue weighted by Gasteiger charge is 2.00. The third-order valence-corrected chi connectivity index (χ3v) is 1.44. The second-order valence-electron chi connectivity index (χ2n) is 2.35. The lowest BCUT2D eigenvalue weighted by molar-refractivity contribution is -0.104. The Bertz CT molecular complexity index is 277. The van der Waals surface area contributed by atoms with Crippen molar-refractivity contribution in [1.29, 1.82) is 0 Å². The van der Waals surface area contributed by atoms with Crippen molar-refractivity contribution in [2.24, 2.45) is 0 Å². The topological polar surface area (TPSA) is 34.1 Å². The highest BCUT2D eigenvalue weighted by molar-refractivity contribution is 6.92. The van der Waals surface area contributed by atoms with Gasteiger partial charge < -0.3 is 0 Å². The van der Waals surface area contributed by atoms with Crippen molar-refractivity contribution in [2.45, 2.75) is 6.92 Å². The maximum atomic E-state index is 10.8. The van der Waals surface area contributed by atoms with Crippen LogP contribution in [0, 0.1) is 6.92 Å². The molecule has 1 aromatic rings. The SMILES string of the molecule is Cc1ccc(C(=O)C=O)cc1.P. The standard InChI is InChI=1S/C9H8O2.H3P/c1-7-2-4-8(5-3-7)9(11)6-10;/h2-6H,1H3;1H3. The smallest absolute Gasteiger partial charge is 0.225 e. The van der Waals surface area contributed by atoms with Crippen LogP contribution < -0.4 is 0 Å². The van der Waals surface area contributed by atoms with Crippen LogP contribution >= 0.6 is 9.90 Å². The largest absolute Gasteiger partial charge is 0.294 e.